The molecule has 0 aliphatic carbocycles. The van der Waals surface area contributed by atoms with E-state index in [1.54, 1.807) is 17.9 Å². The number of rotatable bonds is 8. The largest absolute Gasteiger partial charge is 0.465 e. The molecule has 1 aliphatic heterocycles. The van der Waals surface area contributed by atoms with Gasteiger partial charge < -0.3 is 9.64 Å². The molecule has 0 fully saturated rings. The Hall–Kier alpha value is -2.34. The zero-order chi connectivity index (χ0) is 20.1. The number of ether oxygens (including phenoxy) is 1. The number of unbranched alkanes of at least 4 members (excludes halogenated alkanes) is 2. The summed E-state index contributed by atoms with van der Waals surface area (Å²) >= 11 is 5.98. The molecule has 2 heterocycles. The molecule has 3 rings (SSSR count). The Morgan fingerprint density at radius 1 is 1.25 bits per heavy atom. The van der Waals surface area contributed by atoms with Crippen molar-refractivity contribution in [3.8, 4) is 11.3 Å². The van der Waals surface area contributed by atoms with Crippen LogP contribution in [-0.4, -0.2) is 46.3 Å². The van der Waals surface area contributed by atoms with E-state index in [1.807, 2.05) is 28.9 Å². The van der Waals surface area contributed by atoms with Crippen LogP contribution < -0.4 is 0 Å². The Morgan fingerprint density at radius 3 is 2.68 bits per heavy atom. The van der Waals surface area contributed by atoms with Crippen LogP contribution in [0.2, 0.25) is 5.02 Å². The van der Waals surface area contributed by atoms with Crippen LogP contribution in [0.1, 0.15) is 56.1 Å². The maximum atomic E-state index is 13.0. The van der Waals surface area contributed by atoms with Gasteiger partial charge in [-0.15, -0.1) is 0 Å². The Kier molecular flexibility index (Phi) is 6.73. The van der Waals surface area contributed by atoms with E-state index in [0.717, 1.165) is 36.9 Å². The number of hydrogen-bond donors (Lipinski definition) is 0. The third-order valence-corrected chi connectivity index (χ3v) is 5.18. The van der Waals surface area contributed by atoms with E-state index in [4.69, 9.17) is 21.4 Å². The maximum absolute atomic E-state index is 13.0. The number of fused-ring (bicyclic) bond motifs is 1. The number of carbonyl (C=O) groups is 2. The molecule has 28 heavy (non-hydrogen) atoms. The average Bonchev–Trinajstić information content (AvgIpc) is 3.12. The zero-order valence-corrected chi connectivity index (χ0v) is 17.1. The number of carbonyl (C=O) groups excluding carboxylic acids is 2. The van der Waals surface area contributed by atoms with Crippen LogP contribution in [0.4, 0.5) is 0 Å². The van der Waals surface area contributed by atoms with E-state index in [0.29, 0.717) is 23.9 Å². The van der Waals surface area contributed by atoms with Gasteiger partial charge in [-0.05, 0) is 31.5 Å². The first-order chi connectivity index (χ1) is 13.5. The Labute approximate surface area is 170 Å². The quantitative estimate of drug-likeness (QED) is 0.485. The topological polar surface area (TPSA) is 64.4 Å². The second-order valence-corrected chi connectivity index (χ2v) is 7.44. The van der Waals surface area contributed by atoms with E-state index in [-0.39, 0.29) is 24.5 Å². The van der Waals surface area contributed by atoms with E-state index < -0.39 is 0 Å². The lowest BCUT2D eigenvalue weighted by molar-refractivity contribution is -0.144. The predicted molar refractivity (Wildman–Crippen MR) is 108 cm³/mol. The van der Waals surface area contributed by atoms with Crippen molar-refractivity contribution in [1.82, 2.24) is 14.7 Å². The summed E-state index contributed by atoms with van der Waals surface area (Å²) in [6.45, 7) is 4.67. The fraction of sp³-hybridized carbons (Fsp3) is 0.476. The molecule has 150 valence electrons. The first kappa shape index (κ1) is 20.4. The molecule has 1 aliphatic rings. The van der Waals surface area contributed by atoms with Crippen molar-refractivity contribution in [2.24, 2.45) is 0 Å². The number of benzene rings is 1. The van der Waals surface area contributed by atoms with Crippen molar-refractivity contribution >= 4 is 23.5 Å². The van der Waals surface area contributed by atoms with Gasteiger partial charge >= 0.3 is 5.97 Å². The molecule has 0 bridgehead atoms. The van der Waals surface area contributed by atoms with Gasteiger partial charge in [0.2, 0.25) is 0 Å². The van der Waals surface area contributed by atoms with Crippen molar-refractivity contribution in [2.75, 3.05) is 19.7 Å². The van der Waals surface area contributed by atoms with Crippen molar-refractivity contribution in [2.45, 2.75) is 45.6 Å². The van der Waals surface area contributed by atoms with Crippen LogP contribution in [0, 0.1) is 0 Å². The monoisotopic (exact) mass is 403 g/mol. The Morgan fingerprint density at radius 2 is 2.00 bits per heavy atom. The number of nitrogens with zero attached hydrogens (tertiary/aromatic N) is 3. The minimum Gasteiger partial charge on any atom is -0.465 e. The highest BCUT2D eigenvalue weighted by Gasteiger charge is 2.34. The van der Waals surface area contributed by atoms with Crippen LogP contribution in [0.25, 0.3) is 11.3 Å². The van der Waals surface area contributed by atoms with Crippen LogP contribution in [0.5, 0.6) is 0 Å². The van der Waals surface area contributed by atoms with Crippen LogP contribution >= 0.6 is 11.6 Å². The third-order valence-electron chi connectivity index (χ3n) is 4.93. The molecule has 1 unspecified atom stereocenters. The first-order valence-corrected chi connectivity index (χ1v) is 10.2. The Balaban J connectivity index is 1.89. The van der Waals surface area contributed by atoms with Crippen molar-refractivity contribution < 1.29 is 14.3 Å². The molecule has 1 aromatic heterocycles. The highest BCUT2D eigenvalue weighted by Crippen LogP contribution is 2.29. The molecular weight excluding hydrogens is 378 g/mol. The minimum atomic E-state index is -0.381. The lowest BCUT2D eigenvalue weighted by Crippen LogP contribution is -2.45. The molecule has 0 radical (unpaired) electrons. The van der Waals surface area contributed by atoms with Gasteiger partial charge in [0.25, 0.3) is 5.91 Å². The third kappa shape index (κ3) is 4.55. The van der Waals surface area contributed by atoms with Gasteiger partial charge in [0.15, 0.2) is 0 Å². The summed E-state index contributed by atoms with van der Waals surface area (Å²) in [6, 6.07) is 9.25. The molecular formula is C21H26ClN3O3. The first-order valence-electron chi connectivity index (χ1n) is 9.83. The average molecular weight is 404 g/mol. The highest BCUT2D eigenvalue weighted by atomic mass is 35.5. The van der Waals surface area contributed by atoms with Gasteiger partial charge in [0.05, 0.1) is 18.3 Å². The van der Waals surface area contributed by atoms with Gasteiger partial charge in [-0.1, -0.05) is 49.9 Å². The minimum absolute atomic E-state index is 0.0294. The lowest BCUT2D eigenvalue weighted by Gasteiger charge is -2.33. The summed E-state index contributed by atoms with van der Waals surface area (Å²) in [7, 11) is 0. The summed E-state index contributed by atoms with van der Waals surface area (Å²) < 4.78 is 6.87. The van der Waals surface area contributed by atoms with E-state index in [9.17, 15) is 9.59 Å². The van der Waals surface area contributed by atoms with E-state index in [1.165, 1.54) is 0 Å². The van der Waals surface area contributed by atoms with Crippen molar-refractivity contribution in [1.29, 1.82) is 0 Å². The van der Waals surface area contributed by atoms with Crippen LogP contribution in [-0.2, 0) is 9.53 Å². The molecule has 1 aromatic carbocycles. The van der Waals surface area contributed by atoms with Gasteiger partial charge in [0, 0.05) is 17.1 Å². The summed E-state index contributed by atoms with van der Waals surface area (Å²) in [5.41, 5.74) is 2.16. The van der Waals surface area contributed by atoms with Gasteiger partial charge in [-0.2, -0.15) is 5.10 Å². The molecule has 1 amide bonds. The molecule has 0 spiro atoms. The maximum Gasteiger partial charge on any atom is 0.325 e. The number of hydrogen-bond acceptors (Lipinski definition) is 4. The summed E-state index contributed by atoms with van der Waals surface area (Å²) in [5.74, 6) is -0.568. The molecule has 0 saturated heterocycles. The normalized spacial score (nSPS) is 16.2. The number of aromatic nitrogens is 2. The fourth-order valence-corrected chi connectivity index (χ4v) is 3.64. The molecule has 7 heteroatoms. The van der Waals surface area contributed by atoms with Gasteiger partial charge in [-0.25, -0.2) is 0 Å². The smallest absolute Gasteiger partial charge is 0.325 e. The molecule has 6 nitrogen and oxygen atoms in total. The Bertz CT molecular complexity index is 832. The standard InChI is InChI=1S/C21H26ClN3O3/c1-3-5-6-7-17-13-24(14-20(26)28-4-2)21(27)19-12-18(23-25(17)19)15-8-10-16(22)11-9-15/h8-12,17H,3-7,13-14H2,1-2H3. The number of esters is 1. The molecule has 2 aromatic rings. The fourth-order valence-electron chi connectivity index (χ4n) is 3.51. The van der Waals surface area contributed by atoms with E-state index >= 15 is 0 Å². The van der Waals surface area contributed by atoms with E-state index in [2.05, 4.69) is 6.92 Å². The summed E-state index contributed by atoms with van der Waals surface area (Å²) in [5, 5.41) is 5.38. The zero-order valence-electron chi connectivity index (χ0n) is 16.4. The van der Waals surface area contributed by atoms with Crippen LogP contribution in [0.15, 0.2) is 30.3 Å². The number of amides is 1. The lowest BCUT2D eigenvalue weighted by atomic mass is 10.1. The predicted octanol–water partition coefficient (Wildman–Crippen LogP) is 4.34. The molecule has 1 atom stereocenters. The van der Waals surface area contributed by atoms with Crippen LogP contribution in [0.3, 0.4) is 0 Å². The van der Waals surface area contributed by atoms with Crippen molar-refractivity contribution in [3.63, 3.8) is 0 Å². The second-order valence-electron chi connectivity index (χ2n) is 7.01. The SMILES string of the molecule is CCCCCC1CN(CC(=O)OCC)C(=O)c2cc(-c3ccc(Cl)cc3)nn21. The number of halogens is 1. The highest BCUT2D eigenvalue weighted by molar-refractivity contribution is 6.30. The molecule has 0 N–H and O–H groups in total. The van der Waals surface area contributed by atoms with Gasteiger partial charge in [0.1, 0.15) is 12.2 Å². The van der Waals surface area contributed by atoms with Gasteiger partial charge in [-0.3, -0.25) is 14.3 Å². The summed E-state index contributed by atoms with van der Waals surface area (Å²) in [6.07, 6.45) is 4.22. The van der Waals surface area contributed by atoms with Crippen molar-refractivity contribution in [3.05, 3.63) is 41.0 Å². The second kappa shape index (κ2) is 9.24. The molecule has 0 saturated carbocycles. The summed E-state index contributed by atoms with van der Waals surface area (Å²) in [4.78, 5) is 26.5.